The number of alkyl halides is 2. The number of hydrogen-bond donors (Lipinski definition) is 1. The SMILES string of the molecule is COC1(c2ccnc(C(N)=O)c2)[C@@H]2CCC[C@H]1CN(C1CCC(F)(F)CC1)C2.Cl. The summed E-state index contributed by atoms with van der Waals surface area (Å²) in [5.41, 5.74) is 6.19. The molecule has 1 aromatic heterocycles. The predicted molar refractivity (Wildman–Crippen MR) is 108 cm³/mol. The van der Waals surface area contributed by atoms with Crippen LogP contribution in [0, 0.1) is 11.8 Å². The third-order valence-corrected chi connectivity index (χ3v) is 7.23. The van der Waals surface area contributed by atoms with Crippen LogP contribution in [0.5, 0.6) is 0 Å². The molecule has 2 bridgehead atoms. The average molecular weight is 430 g/mol. The van der Waals surface area contributed by atoms with Crippen molar-refractivity contribution in [1.82, 2.24) is 9.88 Å². The van der Waals surface area contributed by atoms with Crippen LogP contribution < -0.4 is 5.73 Å². The average Bonchev–Trinajstić information content (AvgIpc) is 2.67. The molecule has 1 aromatic rings. The Morgan fingerprint density at radius 3 is 2.38 bits per heavy atom. The summed E-state index contributed by atoms with van der Waals surface area (Å²) >= 11 is 0. The van der Waals surface area contributed by atoms with E-state index >= 15 is 0 Å². The number of likely N-dealkylation sites (tertiary alicyclic amines) is 1. The summed E-state index contributed by atoms with van der Waals surface area (Å²) in [5.74, 6) is -2.52. The Balaban J connectivity index is 0.00000240. The van der Waals surface area contributed by atoms with Crippen molar-refractivity contribution in [3.63, 3.8) is 0 Å². The number of fused-ring (bicyclic) bond motifs is 2. The van der Waals surface area contributed by atoms with Crippen LogP contribution in [0.4, 0.5) is 8.78 Å². The van der Waals surface area contributed by atoms with E-state index in [9.17, 15) is 13.6 Å². The molecule has 1 amide bonds. The van der Waals surface area contributed by atoms with Crippen molar-refractivity contribution in [1.29, 1.82) is 0 Å². The summed E-state index contributed by atoms with van der Waals surface area (Å²) < 4.78 is 33.4. The summed E-state index contributed by atoms with van der Waals surface area (Å²) in [6, 6.07) is 3.93. The molecular formula is C21H30ClF2N3O2. The van der Waals surface area contributed by atoms with Gasteiger partial charge in [0.05, 0.1) is 0 Å². The number of primary amides is 1. The number of hydrogen-bond acceptors (Lipinski definition) is 4. The monoisotopic (exact) mass is 429 g/mol. The van der Waals surface area contributed by atoms with Gasteiger partial charge in [-0.15, -0.1) is 12.4 Å². The van der Waals surface area contributed by atoms with Crippen molar-refractivity contribution in [2.45, 2.75) is 62.5 Å². The van der Waals surface area contributed by atoms with Gasteiger partial charge in [-0.05, 0) is 43.4 Å². The maximum atomic E-state index is 13.6. The highest BCUT2D eigenvalue weighted by Crippen LogP contribution is 2.52. The van der Waals surface area contributed by atoms with Crippen molar-refractivity contribution in [3.8, 4) is 0 Å². The number of ether oxygens (including phenoxy) is 1. The van der Waals surface area contributed by atoms with Gasteiger partial charge in [0.25, 0.3) is 5.91 Å². The van der Waals surface area contributed by atoms with Crippen LogP contribution in [-0.4, -0.2) is 48.0 Å². The Labute approximate surface area is 176 Å². The third kappa shape index (κ3) is 4.01. The number of halogens is 3. The summed E-state index contributed by atoms with van der Waals surface area (Å²) in [6.45, 7) is 1.68. The van der Waals surface area contributed by atoms with E-state index in [0.29, 0.717) is 12.8 Å². The summed E-state index contributed by atoms with van der Waals surface area (Å²) in [5, 5.41) is 0. The van der Waals surface area contributed by atoms with E-state index in [1.807, 2.05) is 6.07 Å². The molecule has 1 aliphatic heterocycles. The zero-order valence-corrected chi connectivity index (χ0v) is 17.6. The van der Waals surface area contributed by atoms with E-state index in [-0.39, 0.29) is 48.8 Å². The maximum Gasteiger partial charge on any atom is 0.267 e. The summed E-state index contributed by atoms with van der Waals surface area (Å²) in [7, 11) is 1.74. The van der Waals surface area contributed by atoms with Crippen LogP contribution in [0.1, 0.15) is 61.0 Å². The van der Waals surface area contributed by atoms with Crippen molar-refractivity contribution < 1.29 is 18.3 Å². The first-order valence-electron chi connectivity index (χ1n) is 10.3. The first-order valence-corrected chi connectivity index (χ1v) is 10.3. The molecule has 2 aliphatic carbocycles. The Morgan fingerprint density at radius 2 is 1.83 bits per heavy atom. The summed E-state index contributed by atoms with van der Waals surface area (Å²) in [4.78, 5) is 18.1. The molecule has 0 aromatic carbocycles. The zero-order valence-electron chi connectivity index (χ0n) is 16.8. The minimum absolute atomic E-state index is 0. The van der Waals surface area contributed by atoms with Gasteiger partial charge in [-0.1, -0.05) is 6.42 Å². The van der Waals surface area contributed by atoms with E-state index < -0.39 is 17.4 Å². The number of rotatable bonds is 4. The number of pyridine rings is 1. The van der Waals surface area contributed by atoms with Crippen LogP contribution >= 0.6 is 12.4 Å². The number of methoxy groups -OCH3 is 1. The fourth-order valence-corrected chi connectivity index (χ4v) is 5.89. The maximum absolute atomic E-state index is 13.6. The first-order chi connectivity index (χ1) is 13.4. The number of aromatic nitrogens is 1. The molecule has 2 N–H and O–H groups in total. The van der Waals surface area contributed by atoms with E-state index in [2.05, 4.69) is 9.88 Å². The number of nitrogens with zero attached hydrogens (tertiary/aromatic N) is 2. The van der Waals surface area contributed by atoms with Gasteiger partial charge >= 0.3 is 0 Å². The Hall–Kier alpha value is -1.31. The Kier molecular flexibility index (Phi) is 6.51. The molecule has 0 radical (unpaired) electrons. The van der Waals surface area contributed by atoms with Crippen LogP contribution in [0.3, 0.4) is 0 Å². The van der Waals surface area contributed by atoms with Gasteiger partial charge in [-0.3, -0.25) is 14.7 Å². The lowest BCUT2D eigenvalue weighted by atomic mass is 9.62. The topological polar surface area (TPSA) is 68.5 Å². The lowest BCUT2D eigenvalue weighted by Gasteiger charge is -2.57. The molecule has 162 valence electrons. The molecule has 3 fully saturated rings. The van der Waals surface area contributed by atoms with Gasteiger partial charge in [0, 0.05) is 57.1 Å². The zero-order chi connectivity index (χ0) is 19.9. The predicted octanol–water partition coefficient (Wildman–Crippen LogP) is 3.75. The van der Waals surface area contributed by atoms with E-state index in [1.54, 1.807) is 19.4 Å². The highest BCUT2D eigenvalue weighted by molar-refractivity contribution is 5.90. The van der Waals surface area contributed by atoms with Crippen LogP contribution in [-0.2, 0) is 10.3 Å². The molecule has 8 heteroatoms. The fourth-order valence-electron chi connectivity index (χ4n) is 5.89. The lowest BCUT2D eigenvalue weighted by Crippen LogP contribution is -2.61. The third-order valence-electron chi connectivity index (χ3n) is 7.23. The number of piperidine rings is 1. The molecule has 3 atom stereocenters. The molecular weight excluding hydrogens is 400 g/mol. The number of amides is 1. The van der Waals surface area contributed by atoms with Gasteiger partial charge in [-0.25, -0.2) is 8.78 Å². The van der Waals surface area contributed by atoms with Crippen molar-refractivity contribution in [2.75, 3.05) is 20.2 Å². The molecule has 1 unspecified atom stereocenters. The lowest BCUT2D eigenvalue weighted by molar-refractivity contribution is -0.178. The number of nitrogens with two attached hydrogens (primary N) is 1. The van der Waals surface area contributed by atoms with Gasteiger partial charge in [0.15, 0.2) is 0 Å². The smallest absolute Gasteiger partial charge is 0.267 e. The second kappa shape index (κ2) is 8.44. The van der Waals surface area contributed by atoms with Crippen molar-refractivity contribution in [3.05, 3.63) is 29.6 Å². The molecule has 4 rings (SSSR count). The molecule has 3 aliphatic rings. The highest BCUT2D eigenvalue weighted by atomic mass is 35.5. The van der Waals surface area contributed by atoms with Crippen LogP contribution in [0.25, 0.3) is 0 Å². The largest absolute Gasteiger partial charge is 0.373 e. The van der Waals surface area contributed by atoms with E-state index in [1.165, 1.54) is 0 Å². The normalized spacial score (nSPS) is 32.4. The van der Waals surface area contributed by atoms with Gasteiger partial charge < -0.3 is 10.5 Å². The Morgan fingerprint density at radius 1 is 1.21 bits per heavy atom. The highest BCUT2D eigenvalue weighted by Gasteiger charge is 2.54. The fraction of sp³-hybridized carbons (Fsp3) is 0.714. The van der Waals surface area contributed by atoms with E-state index in [4.69, 9.17) is 10.5 Å². The molecule has 2 heterocycles. The number of carbonyl (C=O) groups excluding carboxylic acids is 1. The molecule has 0 spiro atoms. The second-order valence-electron chi connectivity index (χ2n) is 8.66. The molecule has 5 nitrogen and oxygen atoms in total. The van der Waals surface area contributed by atoms with Crippen molar-refractivity contribution in [2.24, 2.45) is 17.6 Å². The van der Waals surface area contributed by atoms with Crippen molar-refractivity contribution >= 4 is 18.3 Å². The number of carbonyl (C=O) groups is 1. The quantitative estimate of drug-likeness (QED) is 0.791. The minimum Gasteiger partial charge on any atom is -0.373 e. The Bertz CT molecular complexity index is 724. The van der Waals surface area contributed by atoms with Crippen LogP contribution in [0.2, 0.25) is 0 Å². The molecule has 1 saturated heterocycles. The second-order valence-corrected chi connectivity index (χ2v) is 8.66. The molecule has 29 heavy (non-hydrogen) atoms. The van der Waals surface area contributed by atoms with E-state index in [0.717, 1.165) is 37.9 Å². The molecule has 2 saturated carbocycles. The minimum atomic E-state index is -2.50. The van der Waals surface area contributed by atoms with Crippen LogP contribution in [0.15, 0.2) is 18.3 Å². The summed E-state index contributed by atoms with van der Waals surface area (Å²) in [6.07, 6.45) is 5.93. The first kappa shape index (κ1) is 22.4. The van der Waals surface area contributed by atoms with Gasteiger partial charge in [0.1, 0.15) is 11.3 Å². The standard InChI is InChI=1S/C21H29F2N3O2.ClH/c1-28-21(14-7-10-25-18(11-14)19(24)27)15-3-2-4-16(21)13-26(12-15)17-5-8-20(22,23)9-6-17;/h7,10-11,15-17H,2-6,8-9,12-13H2,1H3,(H2,24,27);1H/t15-,16+,21?;. The van der Waals surface area contributed by atoms with Gasteiger partial charge in [-0.2, -0.15) is 0 Å². The van der Waals surface area contributed by atoms with Gasteiger partial charge in [0.2, 0.25) is 5.92 Å².